The third kappa shape index (κ3) is 4.39. The van der Waals surface area contributed by atoms with Gasteiger partial charge in [-0.2, -0.15) is 0 Å². The van der Waals surface area contributed by atoms with E-state index in [1.54, 1.807) is 30.3 Å². The molecular formula is C8H10N2O4P+. The quantitative estimate of drug-likeness (QED) is 0.262. The zero-order chi connectivity index (χ0) is 11.1. The van der Waals surface area contributed by atoms with Crippen LogP contribution in [-0.4, -0.2) is 17.6 Å². The third-order valence-corrected chi connectivity index (χ3v) is 2.07. The molecule has 0 spiro atoms. The molecule has 0 saturated heterocycles. The highest BCUT2D eigenvalue weighted by Gasteiger charge is 2.22. The largest absolute Gasteiger partial charge is 0.750 e. The van der Waals surface area contributed by atoms with Crippen molar-refractivity contribution in [3.05, 3.63) is 30.3 Å². The van der Waals surface area contributed by atoms with Gasteiger partial charge in [0.2, 0.25) is 0 Å². The summed E-state index contributed by atoms with van der Waals surface area (Å²) in [5, 5.41) is 10.8. The molecule has 0 aliphatic heterocycles. The molecule has 1 unspecified atom stereocenters. The highest BCUT2D eigenvalue weighted by Crippen LogP contribution is 2.26. The number of hydrogen-bond donors (Lipinski definition) is 2. The van der Waals surface area contributed by atoms with Crippen molar-refractivity contribution in [1.82, 2.24) is 0 Å². The summed E-state index contributed by atoms with van der Waals surface area (Å²) >= 11 is 0. The molecule has 0 amide bonds. The van der Waals surface area contributed by atoms with Crippen LogP contribution >= 0.6 is 8.25 Å². The van der Waals surface area contributed by atoms with Crippen molar-refractivity contribution >= 4 is 14.1 Å². The zero-order valence-electron chi connectivity index (χ0n) is 7.74. The van der Waals surface area contributed by atoms with Gasteiger partial charge < -0.3 is 10.9 Å². The van der Waals surface area contributed by atoms with Gasteiger partial charge in [0.05, 0.1) is 0 Å². The van der Waals surface area contributed by atoms with Crippen molar-refractivity contribution in [2.75, 3.05) is 6.61 Å². The summed E-state index contributed by atoms with van der Waals surface area (Å²) < 4.78 is 20.7. The number of rotatable bonds is 5. The Hall–Kier alpha value is -1.65. The van der Waals surface area contributed by atoms with Gasteiger partial charge in [-0.05, 0) is 12.1 Å². The van der Waals surface area contributed by atoms with Gasteiger partial charge in [-0.3, -0.25) is 0 Å². The van der Waals surface area contributed by atoms with Crippen molar-refractivity contribution < 1.29 is 18.8 Å². The summed E-state index contributed by atoms with van der Waals surface area (Å²) in [6.07, 6.45) is 0. The highest BCUT2D eigenvalue weighted by atomic mass is 31.1. The number of amidine groups is 1. The first-order valence-electron chi connectivity index (χ1n) is 4.02. The van der Waals surface area contributed by atoms with Crippen LogP contribution in [0.2, 0.25) is 0 Å². The molecule has 6 nitrogen and oxygen atoms in total. The van der Waals surface area contributed by atoms with Gasteiger partial charge in [0.1, 0.15) is 0 Å². The van der Waals surface area contributed by atoms with E-state index in [9.17, 15) is 4.57 Å². The lowest BCUT2D eigenvalue weighted by molar-refractivity contribution is 0.298. The number of para-hydroxylation sites is 1. The van der Waals surface area contributed by atoms with Gasteiger partial charge in [-0.25, -0.2) is 4.52 Å². The zero-order valence-corrected chi connectivity index (χ0v) is 8.63. The molecule has 1 rings (SSSR count). The first-order chi connectivity index (χ1) is 7.22. The number of benzene rings is 1. The number of oxime groups is 1. The molecule has 0 bridgehead atoms. The van der Waals surface area contributed by atoms with Crippen LogP contribution in [-0.2, 0) is 9.09 Å². The smallest absolute Gasteiger partial charge is 0.409 e. The van der Waals surface area contributed by atoms with Crippen molar-refractivity contribution in [3.8, 4) is 5.75 Å². The molecule has 15 heavy (non-hydrogen) atoms. The second-order valence-corrected chi connectivity index (χ2v) is 3.38. The average Bonchev–Trinajstić information content (AvgIpc) is 2.27. The molecule has 3 N–H and O–H groups in total. The summed E-state index contributed by atoms with van der Waals surface area (Å²) in [7, 11) is -2.32. The SMILES string of the molecule is NC(CO[P+](=O)Oc1ccccc1)=NO. The number of nitrogens with two attached hydrogens (primary N) is 1. The molecule has 0 heterocycles. The van der Waals surface area contributed by atoms with Gasteiger partial charge in [-0.15, -0.1) is 4.52 Å². The van der Waals surface area contributed by atoms with Crippen LogP contribution in [0.3, 0.4) is 0 Å². The first kappa shape index (κ1) is 11.4. The van der Waals surface area contributed by atoms with Crippen molar-refractivity contribution in [2.24, 2.45) is 10.9 Å². The van der Waals surface area contributed by atoms with Crippen LogP contribution < -0.4 is 10.3 Å². The maximum absolute atomic E-state index is 11.1. The summed E-state index contributed by atoms with van der Waals surface area (Å²) in [6.45, 7) is -0.251. The first-order valence-corrected chi connectivity index (χ1v) is 5.11. The topological polar surface area (TPSA) is 94.1 Å². The van der Waals surface area contributed by atoms with Crippen LogP contribution in [0, 0.1) is 0 Å². The lowest BCUT2D eigenvalue weighted by Gasteiger charge is -1.92. The van der Waals surface area contributed by atoms with Crippen LogP contribution in [0.25, 0.3) is 0 Å². The Morgan fingerprint density at radius 3 is 2.73 bits per heavy atom. The maximum Gasteiger partial charge on any atom is 0.750 e. The Labute approximate surface area is 87.2 Å². The normalized spacial score (nSPS) is 12.3. The molecule has 0 saturated carbocycles. The lowest BCUT2D eigenvalue weighted by Crippen LogP contribution is -2.17. The molecule has 7 heteroatoms. The van der Waals surface area contributed by atoms with Crippen LogP contribution in [0.5, 0.6) is 5.75 Å². The minimum Gasteiger partial charge on any atom is -0.409 e. The Balaban J connectivity index is 2.37. The molecule has 0 aromatic heterocycles. The van der Waals surface area contributed by atoms with E-state index in [0.29, 0.717) is 5.75 Å². The van der Waals surface area contributed by atoms with Crippen LogP contribution in [0.1, 0.15) is 0 Å². The lowest BCUT2D eigenvalue weighted by atomic mass is 10.3. The van der Waals surface area contributed by atoms with E-state index < -0.39 is 8.25 Å². The van der Waals surface area contributed by atoms with Crippen molar-refractivity contribution in [1.29, 1.82) is 0 Å². The summed E-state index contributed by atoms with van der Waals surface area (Å²) in [4.78, 5) is 0. The predicted molar refractivity (Wildman–Crippen MR) is 54.0 cm³/mol. The Morgan fingerprint density at radius 1 is 1.47 bits per heavy atom. The monoisotopic (exact) mass is 229 g/mol. The molecule has 0 fully saturated rings. The van der Waals surface area contributed by atoms with E-state index in [1.807, 2.05) is 0 Å². The van der Waals surface area contributed by atoms with Gasteiger partial charge in [0, 0.05) is 4.57 Å². The number of nitrogens with zero attached hydrogens (tertiary/aromatic N) is 1. The Kier molecular flexibility index (Phi) is 4.53. The van der Waals surface area contributed by atoms with E-state index in [-0.39, 0.29) is 12.4 Å². The summed E-state index contributed by atoms with van der Waals surface area (Å²) in [6, 6.07) is 8.56. The number of hydrogen-bond acceptors (Lipinski definition) is 5. The molecule has 1 aromatic rings. The van der Waals surface area contributed by atoms with Crippen LogP contribution in [0.15, 0.2) is 35.5 Å². The molecule has 1 atom stereocenters. The van der Waals surface area contributed by atoms with Gasteiger partial charge >= 0.3 is 8.25 Å². The third-order valence-electron chi connectivity index (χ3n) is 1.37. The van der Waals surface area contributed by atoms with Crippen molar-refractivity contribution in [3.63, 3.8) is 0 Å². The second-order valence-electron chi connectivity index (χ2n) is 2.49. The summed E-state index contributed by atoms with van der Waals surface area (Å²) in [5.41, 5.74) is 5.11. The Bertz CT molecular complexity index is 355. The summed E-state index contributed by atoms with van der Waals surface area (Å²) in [5.74, 6) is 0.258. The minimum atomic E-state index is -2.32. The standard InChI is InChI=1S/C8H9N2O4P/c9-8(10-11)6-13-15(12)14-7-4-2-1-3-5-7/h1-5H,6H2,(H2-,9,10,11)/p+1. The van der Waals surface area contributed by atoms with Gasteiger partial charge in [0.25, 0.3) is 0 Å². The fourth-order valence-corrected chi connectivity index (χ4v) is 1.33. The molecule has 0 aliphatic rings. The molecular weight excluding hydrogens is 219 g/mol. The van der Waals surface area contributed by atoms with E-state index in [1.165, 1.54) is 0 Å². The second kappa shape index (κ2) is 5.95. The molecule has 1 aromatic carbocycles. The van der Waals surface area contributed by atoms with E-state index in [0.717, 1.165) is 0 Å². The average molecular weight is 229 g/mol. The van der Waals surface area contributed by atoms with E-state index >= 15 is 0 Å². The fourth-order valence-electron chi connectivity index (χ4n) is 0.741. The maximum atomic E-state index is 11.1. The van der Waals surface area contributed by atoms with E-state index in [4.69, 9.17) is 15.5 Å². The van der Waals surface area contributed by atoms with Gasteiger partial charge in [0.15, 0.2) is 18.2 Å². The Morgan fingerprint density at radius 2 is 2.13 bits per heavy atom. The minimum absolute atomic E-state index is 0.171. The van der Waals surface area contributed by atoms with Crippen molar-refractivity contribution in [2.45, 2.75) is 0 Å². The molecule has 80 valence electrons. The molecule has 0 aliphatic carbocycles. The van der Waals surface area contributed by atoms with E-state index in [2.05, 4.69) is 9.68 Å². The molecule has 0 radical (unpaired) electrons. The fraction of sp³-hybridized carbons (Fsp3) is 0.125. The van der Waals surface area contributed by atoms with Gasteiger partial charge in [-0.1, -0.05) is 23.4 Å². The highest BCUT2D eigenvalue weighted by molar-refractivity contribution is 7.33. The van der Waals surface area contributed by atoms with Crippen LogP contribution in [0.4, 0.5) is 0 Å². The predicted octanol–water partition coefficient (Wildman–Crippen LogP) is 1.49.